The van der Waals surface area contributed by atoms with Crippen molar-refractivity contribution in [3.63, 3.8) is 0 Å². The summed E-state index contributed by atoms with van der Waals surface area (Å²) in [5, 5.41) is 43.3. The highest BCUT2D eigenvalue weighted by Gasteiger charge is 1.95. The minimum absolute atomic E-state index is 0.811. The highest BCUT2D eigenvalue weighted by Crippen LogP contribution is 2.23. The van der Waals surface area contributed by atoms with Gasteiger partial charge >= 0.3 is 0 Å². The van der Waals surface area contributed by atoms with Crippen LogP contribution in [0.3, 0.4) is 0 Å². The summed E-state index contributed by atoms with van der Waals surface area (Å²) in [6.07, 6.45) is 0. The maximum Gasteiger partial charge on any atom is 0.119 e. The summed E-state index contributed by atoms with van der Waals surface area (Å²) in [6, 6.07) is 66.6. The SMILES string of the molecule is CN.CNc1ccc(N=Nc2ccc(C)cc2)cc1.CO.COc1ccc(N=Nc2ccc(C)cc2)cc1.Cc1ccc(N=Nc2ccccc2)cc1.Cc1ccc(N=Nc2ccccc2)cc1. The van der Waals surface area contributed by atoms with Crippen molar-refractivity contribution in [2.75, 3.05) is 33.6 Å². The molecule has 0 radical (unpaired) electrons. The van der Waals surface area contributed by atoms with Gasteiger partial charge in [0.2, 0.25) is 0 Å². The van der Waals surface area contributed by atoms with Crippen molar-refractivity contribution in [3.05, 3.63) is 229 Å². The van der Waals surface area contributed by atoms with Gasteiger partial charge in [0.05, 0.1) is 52.6 Å². The molecule has 0 spiro atoms. The van der Waals surface area contributed by atoms with E-state index in [1.54, 1.807) is 7.11 Å². The average Bonchev–Trinajstić information content (AvgIpc) is 3.40. The van der Waals surface area contributed by atoms with Crippen LogP contribution >= 0.6 is 0 Å². The van der Waals surface area contributed by atoms with Gasteiger partial charge in [0, 0.05) is 19.8 Å². The monoisotopic (exact) mass is 907 g/mol. The highest BCUT2D eigenvalue weighted by atomic mass is 16.5. The maximum absolute atomic E-state index is 7.00. The molecule has 0 saturated heterocycles. The van der Waals surface area contributed by atoms with Crippen LogP contribution in [0.15, 0.2) is 247 Å². The molecule has 0 atom stereocenters. The number of azo groups is 4. The van der Waals surface area contributed by atoms with Crippen molar-refractivity contribution in [2.45, 2.75) is 27.7 Å². The molecule has 0 aliphatic carbocycles. The Balaban J connectivity index is 0.000000234. The largest absolute Gasteiger partial charge is 0.497 e. The third kappa shape index (κ3) is 22.0. The molecule has 12 heteroatoms. The summed E-state index contributed by atoms with van der Waals surface area (Å²) in [5.41, 5.74) is 17.4. The minimum Gasteiger partial charge on any atom is -0.497 e. The van der Waals surface area contributed by atoms with Gasteiger partial charge in [-0.3, -0.25) is 0 Å². The van der Waals surface area contributed by atoms with Crippen LogP contribution in [0, 0.1) is 27.7 Å². The molecule has 0 saturated carbocycles. The van der Waals surface area contributed by atoms with Crippen LogP contribution in [-0.2, 0) is 0 Å². The van der Waals surface area contributed by atoms with E-state index in [1.807, 2.05) is 220 Å². The molecule has 0 aliphatic heterocycles. The number of benzene rings is 8. The summed E-state index contributed by atoms with van der Waals surface area (Å²) in [4.78, 5) is 0. The standard InChI is InChI=1S/C14H15N3.C14H14N2O.2C13H12N2.CH5N.CH4O/c1-11-3-5-13(6-4-11)16-17-14-9-7-12(15-2)8-10-14;1-11-3-5-12(6-4-11)15-16-13-7-9-14(17-2)10-8-13;2*1-11-7-9-13(10-8-11)15-14-12-5-3-2-4-6-12;2*1-2/h3-10,15H,1-2H3;3-10H,1-2H3;2*2-10H,1H3;2H2,1H3;2H,1H3. The quantitative estimate of drug-likeness (QED) is 0.116. The van der Waals surface area contributed by atoms with Gasteiger partial charge in [-0.2, -0.15) is 40.9 Å². The number of rotatable bonds is 10. The van der Waals surface area contributed by atoms with Crippen molar-refractivity contribution < 1.29 is 9.84 Å². The van der Waals surface area contributed by atoms with E-state index in [4.69, 9.17) is 9.84 Å². The Bertz CT molecular complexity index is 2470. The summed E-state index contributed by atoms with van der Waals surface area (Å²) in [7, 11) is 6.03. The molecule has 68 heavy (non-hydrogen) atoms. The van der Waals surface area contributed by atoms with Crippen LogP contribution < -0.4 is 15.8 Å². The lowest BCUT2D eigenvalue weighted by atomic mass is 10.2. The molecule has 0 amide bonds. The molecule has 12 nitrogen and oxygen atoms in total. The Morgan fingerprint density at radius 3 is 0.750 bits per heavy atom. The molecule has 0 aliphatic rings. The zero-order chi connectivity index (χ0) is 49.2. The Hall–Kier alpha value is -8.32. The molecule has 348 valence electrons. The van der Waals surface area contributed by atoms with E-state index < -0.39 is 0 Å². The lowest BCUT2D eigenvalue weighted by Crippen LogP contribution is -1.84. The first-order chi connectivity index (χ1) is 33.2. The summed E-state index contributed by atoms with van der Waals surface area (Å²) in [5.74, 6) is 0.819. The fourth-order valence-corrected chi connectivity index (χ4v) is 5.24. The second kappa shape index (κ2) is 32.4. The Kier molecular flexibility index (Phi) is 25.7. The van der Waals surface area contributed by atoms with Gasteiger partial charge in [0.25, 0.3) is 0 Å². The molecule has 0 aromatic heterocycles. The number of nitrogens with zero attached hydrogens (tertiary/aromatic N) is 8. The number of anilines is 1. The smallest absolute Gasteiger partial charge is 0.119 e. The lowest BCUT2D eigenvalue weighted by Gasteiger charge is -1.98. The Morgan fingerprint density at radius 2 is 0.529 bits per heavy atom. The van der Waals surface area contributed by atoms with Crippen molar-refractivity contribution in [1.29, 1.82) is 0 Å². The molecular formula is C56H62N10O2. The third-order valence-electron chi connectivity index (χ3n) is 9.00. The summed E-state index contributed by atoms with van der Waals surface area (Å²) >= 11 is 0. The summed E-state index contributed by atoms with van der Waals surface area (Å²) in [6.45, 7) is 8.21. The minimum atomic E-state index is 0.811. The Labute approximate surface area is 401 Å². The van der Waals surface area contributed by atoms with Crippen LogP contribution in [0.5, 0.6) is 5.75 Å². The molecule has 0 heterocycles. The van der Waals surface area contributed by atoms with Gasteiger partial charge in [-0.25, -0.2) is 0 Å². The first-order valence-corrected chi connectivity index (χ1v) is 21.7. The molecule has 4 N–H and O–H groups in total. The van der Waals surface area contributed by atoms with E-state index in [-0.39, 0.29) is 0 Å². The predicted octanol–water partition coefficient (Wildman–Crippen LogP) is 16.9. The lowest BCUT2D eigenvalue weighted by molar-refractivity contribution is 0.399. The molecule has 0 unspecified atom stereocenters. The van der Waals surface area contributed by atoms with Gasteiger partial charge in [-0.05, 0) is 156 Å². The number of ether oxygens (including phenoxy) is 1. The predicted molar refractivity (Wildman–Crippen MR) is 282 cm³/mol. The first-order valence-electron chi connectivity index (χ1n) is 21.7. The van der Waals surface area contributed by atoms with Gasteiger partial charge < -0.3 is 20.9 Å². The van der Waals surface area contributed by atoms with Gasteiger partial charge in [0.15, 0.2) is 0 Å². The zero-order valence-electron chi connectivity index (χ0n) is 40.1. The fraction of sp³-hybridized carbons (Fsp3) is 0.143. The second-order valence-corrected chi connectivity index (χ2v) is 14.3. The summed E-state index contributed by atoms with van der Waals surface area (Å²) < 4.78 is 5.07. The van der Waals surface area contributed by atoms with Crippen molar-refractivity contribution in [1.82, 2.24) is 0 Å². The normalized spacial score (nSPS) is 10.3. The van der Waals surface area contributed by atoms with Crippen LogP contribution in [0.25, 0.3) is 0 Å². The Morgan fingerprint density at radius 1 is 0.324 bits per heavy atom. The number of aliphatic hydroxyl groups is 1. The van der Waals surface area contributed by atoms with Gasteiger partial charge in [-0.1, -0.05) is 107 Å². The third-order valence-corrected chi connectivity index (χ3v) is 9.00. The molecular weight excluding hydrogens is 845 g/mol. The average molecular weight is 907 g/mol. The first kappa shape index (κ1) is 54.0. The molecule has 8 aromatic rings. The topological polar surface area (TPSA) is 166 Å². The van der Waals surface area contributed by atoms with Gasteiger partial charge in [0.1, 0.15) is 5.75 Å². The van der Waals surface area contributed by atoms with Crippen molar-refractivity contribution >= 4 is 51.2 Å². The van der Waals surface area contributed by atoms with E-state index in [2.05, 4.69) is 72.7 Å². The van der Waals surface area contributed by atoms with E-state index in [0.717, 1.165) is 64.0 Å². The molecule has 8 aromatic carbocycles. The van der Waals surface area contributed by atoms with Gasteiger partial charge in [-0.15, -0.1) is 0 Å². The molecule has 8 rings (SSSR count). The van der Waals surface area contributed by atoms with Crippen molar-refractivity contribution in [3.8, 4) is 5.75 Å². The van der Waals surface area contributed by atoms with E-state index in [1.165, 1.54) is 29.3 Å². The number of hydrogen-bond acceptors (Lipinski definition) is 12. The highest BCUT2D eigenvalue weighted by molar-refractivity contribution is 5.51. The number of nitrogens with two attached hydrogens (primary N) is 1. The number of aryl methyl sites for hydroxylation is 4. The maximum atomic E-state index is 7.00. The zero-order valence-corrected chi connectivity index (χ0v) is 40.1. The number of nitrogens with one attached hydrogen (secondary N) is 1. The number of methoxy groups -OCH3 is 1. The van der Waals surface area contributed by atoms with Crippen LogP contribution in [0.2, 0.25) is 0 Å². The molecule has 0 fully saturated rings. The van der Waals surface area contributed by atoms with E-state index in [0.29, 0.717) is 0 Å². The van der Waals surface area contributed by atoms with E-state index in [9.17, 15) is 0 Å². The molecule has 0 bridgehead atoms. The van der Waals surface area contributed by atoms with Crippen molar-refractivity contribution in [2.24, 2.45) is 46.6 Å². The van der Waals surface area contributed by atoms with Crippen LogP contribution in [0.4, 0.5) is 51.2 Å². The fourth-order valence-electron chi connectivity index (χ4n) is 5.24. The van der Waals surface area contributed by atoms with Crippen LogP contribution in [-0.4, -0.2) is 33.4 Å². The number of hydrogen-bond donors (Lipinski definition) is 3. The van der Waals surface area contributed by atoms with E-state index >= 15 is 0 Å². The number of aliphatic hydroxyl groups excluding tert-OH is 1. The van der Waals surface area contributed by atoms with Crippen LogP contribution in [0.1, 0.15) is 22.3 Å². The second-order valence-electron chi connectivity index (χ2n) is 14.3.